The molecule has 2 aromatic rings. The van der Waals surface area contributed by atoms with Gasteiger partial charge in [0.2, 0.25) is 0 Å². The smallest absolute Gasteiger partial charge is 0.265 e. The van der Waals surface area contributed by atoms with Gasteiger partial charge in [-0.3, -0.25) is 4.79 Å². The van der Waals surface area contributed by atoms with Gasteiger partial charge >= 0.3 is 0 Å². The second-order valence-corrected chi connectivity index (χ2v) is 6.54. The molecule has 1 aromatic heterocycles. The lowest BCUT2D eigenvalue weighted by molar-refractivity contribution is -0.122. The van der Waals surface area contributed by atoms with Crippen LogP contribution in [0.3, 0.4) is 0 Å². The number of benzene rings is 1. The Morgan fingerprint density at radius 2 is 1.96 bits per heavy atom. The molecule has 1 saturated heterocycles. The number of aromatic nitrogens is 1. The summed E-state index contributed by atoms with van der Waals surface area (Å²) in [5.74, 6) is 1.20. The van der Waals surface area contributed by atoms with Crippen LogP contribution in [0.4, 0.5) is 11.5 Å². The van der Waals surface area contributed by atoms with Gasteiger partial charge in [-0.05, 0) is 50.5 Å². The molecule has 25 heavy (non-hydrogen) atoms. The molecule has 3 rings (SSSR count). The van der Waals surface area contributed by atoms with Crippen LogP contribution in [0.2, 0.25) is 5.02 Å². The van der Waals surface area contributed by atoms with Crippen molar-refractivity contribution in [3.05, 3.63) is 47.6 Å². The van der Waals surface area contributed by atoms with Crippen molar-refractivity contribution in [2.75, 3.05) is 23.3 Å². The number of nitrogens with one attached hydrogen (secondary N) is 1. The van der Waals surface area contributed by atoms with Gasteiger partial charge in [0.05, 0.1) is 16.9 Å². The largest absolute Gasteiger partial charge is 0.479 e. The Morgan fingerprint density at radius 3 is 2.64 bits per heavy atom. The molecule has 1 aliphatic rings. The van der Waals surface area contributed by atoms with Gasteiger partial charge in [-0.2, -0.15) is 0 Å². The van der Waals surface area contributed by atoms with E-state index in [-0.39, 0.29) is 5.91 Å². The molecule has 1 fully saturated rings. The van der Waals surface area contributed by atoms with Gasteiger partial charge in [-0.1, -0.05) is 23.7 Å². The lowest BCUT2D eigenvalue weighted by Gasteiger charge is -2.27. The SMILES string of the molecule is C[C@H](Oc1ccccc1Cl)C(=O)Nc1ccc(N2CCCCC2)nc1. The summed E-state index contributed by atoms with van der Waals surface area (Å²) in [5.41, 5.74) is 0.653. The molecule has 1 aliphatic heterocycles. The van der Waals surface area contributed by atoms with E-state index in [1.807, 2.05) is 24.3 Å². The fourth-order valence-electron chi connectivity index (χ4n) is 2.80. The van der Waals surface area contributed by atoms with Gasteiger partial charge < -0.3 is 15.0 Å². The first-order valence-electron chi connectivity index (χ1n) is 8.56. The molecule has 0 unspecified atom stereocenters. The zero-order valence-corrected chi connectivity index (χ0v) is 15.0. The average molecular weight is 360 g/mol. The molecule has 1 N–H and O–H groups in total. The van der Waals surface area contributed by atoms with Crippen molar-refractivity contribution in [2.45, 2.75) is 32.3 Å². The fraction of sp³-hybridized carbons (Fsp3) is 0.368. The quantitative estimate of drug-likeness (QED) is 0.872. The zero-order valence-electron chi connectivity index (χ0n) is 14.2. The number of amides is 1. The molecule has 1 amide bonds. The molecule has 132 valence electrons. The second-order valence-electron chi connectivity index (χ2n) is 6.13. The molecule has 0 saturated carbocycles. The van der Waals surface area contributed by atoms with E-state index in [0.717, 1.165) is 18.9 Å². The van der Waals surface area contributed by atoms with Gasteiger partial charge in [0.15, 0.2) is 6.10 Å². The van der Waals surface area contributed by atoms with Crippen LogP contribution in [0.25, 0.3) is 0 Å². The summed E-state index contributed by atoms with van der Waals surface area (Å²) in [5, 5.41) is 3.30. The number of para-hydroxylation sites is 1. The third-order valence-electron chi connectivity index (χ3n) is 4.21. The van der Waals surface area contributed by atoms with Crippen molar-refractivity contribution in [1.29, 1.82) is 0 Å². The summed E-state index contributed by atoms with van der Waals surface area (Å²) in [6.07, 6.45) is 4.72. The monoisotopic (exact) mass is 359 g/mol. The Labute approximate surface area is 153 Å². The molecule has 6 heteroatoms. The van der Waals surface area contributed by atoms with E-state index in [2.05, 4.69) is 15.2 Å². The number of pyridine rings is 1. The zero-order chi connectivity index (χ0) is 17.6. The first-order chi connectivity index (χ1) is 12.1. The minimum atomic E-state index is -0.665. The van der Waals surface area contributed by atoms with Gasteiger partial charge in [-0.25, -0.2) is 4.98 Å². The summed E-state index contributed by atoms with van der Waals surface area (Å²) >= 11 is 6.05. The molecule has 0 aliphatic carbocycles. The number of rotatable bonds is 5. The van der Waals surface area contributed by atoms with E-state index in [9.17, 15) is 4.79 Å². The van der Waals surface area contributed by atoms with E-state index in [0.29, 0.717) is 16.5 Å². The number of nitrogens with zero attached hydrogens (tertiary/aromatic N) is 2. The maximum atomic E-state index is 12.3. The van der Waals surface area contributed by atoms with E-state index >= 15 is 0 Å². The summed E-state index contributed by atoms with van der Waals surface area (Å²) < 4.78 is 5.63. The molecule has 0 spiro atoms. The van der Waals surface area contributed by atoms with Gasteiger partial charge in [-0.15, -0.1) is 0 Å². The third kappa shape index (κ3) is 4.63. The topological polar surface area (TPSA) is 54.5 Å². The van der Waals surface area contributed by atoms with Gasteiger partial charge in [0.1, 0.15) is 11.6 Å². The van der Waals surface area contributed by atoms with Crippen LogP contribution in [0, 0.1) is 0 Å². The third-order valence-corrected chi connectivity index (χ3v) is 4.52. The number of carbonyl (C=O) groups is 1. The number of piperidine rings is 1. The van der Waals surface area contributed by atoms with E-state index < -0.39 is 6.10 Å². The van der Waals surface area contributed by atoms with Crippen molar-refractivity contribution in [3.8, 4) is 5.75 Å². The Hall–Kier alpha value is -2.27. The van der Waals surface area contributed by atoms with Crippen molar-refractivity contribution in [3.63, 3.8) is 0 Å². The predicted octanol–water partition coefficient (Wildman–Crippen LogP) is 4.13. The lowest BCUT2D eigenvalue weighted by atomic mass is 10.1. The first-order valence-corrected chi connectivity index (χ1v) is 8.94. The van der Waals surface area contributed by atoms with Crippen LogP contribution in [-0.4, -0.2) is 30.1 Å². The van der Waals surface area contributed by atoms with Gasteiger partial charge in [0, 0.05) is 13.1 Å². The van der Waals surface area contributed by atoms with E-state index in [1.54, 1.807) is 25.3 Å². The molecular formula is C19H22ClN3O2. The normalized spacial score (nSPS) is 15.5. The van der Waals surface area contributed by atoms with Crippen LogP contribution in [0.5, 0.6) is 5.75 Å². The van der Waals surface area contributed by atoms with Crippen molar-refractivity contribution in [1.82, 2.24) is 4.98 Å². The predicted molar refractivity (Wildman–Crippen MR) is 100 cm³/mol. The highest BCUT2D eigenvalue weighted by molar-refractivity contribution is 6.32. The Kier molecular flexibility index (Phi) is 5.76. The molecule has 5 nitrogen and oxygen atoms in total. The standard InChI is InChI=1S/C19H22ClN3O2/c1-14(25-17-8-4-3-7-16(17)20)19(24)22-15-9-10-18(21-13-15)23-11-5-2-6-12-23/h3-4,7-10,13-14H,2,5-6,11-12H2,1H3,(H,22,24)/t14-/m0/s1. The molecule has 1 atom stereocenters. The summed E-state index contributed by atoms with van der Waals surface area (Å²) in [4.78, 5) is 19.0. The second kappa shape index (κ2) is 8.21. The summed E-state index contributed by atoms with van der Waals surface area (Å²) in [7, 11) is 0. The maximum absolute atomic E-state index is 12.3. The fourth-order valence-corrected chi connectivity index (χ4v) is 2.98. The molecule has 0 radical (unpaired) electrons. The minimum Gasteiger partial charge on any atom is -0.479 e. The maximum Gasteiger partial charge on any atom is 0.265 e. The number of ether oxygens (including phenoxy) is 1. The van der Waals surface area contributed by atoms with Crippen LogP contribution >= 0.6 is 11.6 Å². The van der Waals surface area contributed by atoms with Crippen molar-refractivity contribution < 1.29 is 9.53 Å². The van der Waals surface area contributed by atoms with Crippen molar-refractivity contribution in [2.24, 2.45) is 0 Å². The first kappa shape index (κ1) is 17.5. The minimum absolute atomic E-state index is 0.243. The molecule has 1 aromatic carbocycles. The summed E-state index contributed by atoms with van der Waals surface area (Å²) in [6, 6.07) is 10.9. The number of halogens is 1. The molecular weight excluding hydrogens is 338 g/mol. The number of hydrogen-bond donors (Lipinski definition) is 1. The lowest BCUT2D eigenvalue weighted by Crippen LogP contribution is -2.31. The van der Waals surface area contributed by atoms with Crippen molar-refractivity contribution >= 4 is 29.0 Å². The van der Waals surface area contributed by atoms with Crippen LogP contribution in [0.1, 0.15) is 26.2 Å². The number of carbonyl (C=O) groups excluding carboxylic acids is 1. The van der Waals surface area contributed by atoms with Crippen LogP contribution in [-0.2, 0) is 4.79 Å². The molecule has 0 bridgehead atoms. The highest BCUT2D eigenvalue weighted by atomic mass is 35.5. The highest BCUT2D eigenvalue weighted by Gasteiger charge is 2.17. The summed E-state index contributed by atoms with van der Waals surface area (Å²) in [6.45, 7) is 3.77. The molecule has 2 heterocycles. The van der Waals surface area contributed by atoms with E-state index in [1.165, 1.54) is 19.3 Å². The Morgan fingerprint density at radius 1 is 1.20 bits per heavy atom. The average Bonchev–Trinajstić information content (AvgIpc) is 2.65. The van der Waals surface area contributed by atoms with Gasteiger partial charge in [0.25, 0.3) is 5.91 Å². The highest BCUT2D eigenvalue weighted by Crippen LogP contribution is 2.24. The Balaban J connectivity index is 1.57. The Bertz CT molecular complexity index is 715. The van der Waals surface area contributed by atoms with Crippen LogP contribution < -0.4 is 15.0 Å². The number of hydrogen-bond acceptors (Lipinski definition) is 4. The van der Waals surface area contributed by atoms with E-state index in [4.69, 9.17) is 16.3 Å². The van der Waals surface area contributed by atoms with Crippen LogP contribution in [0.15, 0.2) is 42.6 Å². The number of anilines is 2.